The van der Waals surface area contributed by atoms with Crippen molar-refractivity contribution in [3.63, 3.8) is 0 Å². The van der Waals surface area contributed by atoms with E-state index in [4.69, 9.17) is 0 Å². The van der Waals surface area contributed by atoms with E-state index in [-0.39, 0.29) is 0 Å². The third-order valence-electron chi connectivity index (χ3n) is 2.87. The Morgan fingerprint density at radius 2 is 2.24 bits per heavy atom. The normalized spacial score (nSPS) is 19.6. The van der Waals surface area contributed by atoms with Crippen molar-refractivity contribution in [2.75, 3.05) is 17.6 Å². The quantitative estimate of drug-likeness (QED) is 0.900. The molecule has 3 heterocycles. The smallest absolute Gasteiger partial charge is 0.180 e. The van der Waals surface area contributed by atoms with E-state index < -0.39 is 0 Å². The van der Waals surface area contributed by atoms with Crippen molar-refractivity contribution in [2.24, 2.45) is 0 Å². The molecule has 17 heavy (non-hydrogen) atoms. The van der Waals surface area contributed by atoms with Crippen LogP contribution in [0.3, 0.4) is 0 Å². The molecule has 1 aliphatic rings. The van der Waals surface area contributed by atoms with Crippen LogP contribution in [0, 0.1) is 0 Å². The van der Waals surface area contributed by atoms with Gasteiger partial charge in [-0.05, 0) is 30.7 Å². The summed E-state index contributed by atoms with van der Waals surface area (Å²) in [5.41, 5.74) is 1.55. The lowest BCUT2D eigenvalue weighted by Gasteiger charge is -2.10. The van der Waals surface area contributed by atoms with Crippen molar-refractivity contribution in [3.8, 4) is 0 Å². The van der Waals surface area contributed by atoms with Crippen LogP contribution in [0.1, 0.15) is 12.8 Å². The molecule has 3 rings (SSSR count). The fourth-order valence-electron chi connectivity index (χ4n) is 1.98. The van der Waals surface area contributed by atoms with Gasteiger partial charge in [0.15, 0.2) is 5.65 Å². The lowest BCUT2D eigenvalue weighted by molar-refractivity contribution is 0.804. The van der Waals surface area contributed by atoms with E-state index in [2.05, 4.69) is 20.3 Å². The number of hydrogen-bond donors (Lipinski definition) is 1. The number of pyridine rings is 1. The number of hydrogen-bond acceptors (Lipinski definition) is 5. The lowest BCUT2D eigenvalue weighted by atomic mass is 10.2. The first-order valence-corrected chi connectivity index (χ1v) is 6.90. The van der Waals surface area contributed by atoms with Gasteiger partial charge in [-0.15, -0.1) is 0 Å². The Morgan fingerprint density at radius 1 is 1.29 bits per heavy atom. The Hall–Kier alpha value is -1.36. The van der Waals surface area contributed by atoms with E-state index in [0.29, 0.717) is 5.65 Å². The first-order valence-electron chi connectivity index (χ1n) is 5.85. The van der Waals surface area contributed by atoms with Gasteiger partial charge < -0.3 is 5.32 Å². The van der Waals surface area contributed by atoms with Gasteiger partial charge in [0, 0.05) is 24.2 Å². The number of rotatable bonds is 3. The molecule has 0 bridgehead atoms. The van der Waals surface area contributed by atoms with Gasteiger partial charge >= 0.3 is 0 Å². The number of thioether (sulfide) groups is 1. The fraction of sp³-hybridized carbons (Fsp3) is 0.417. The van der Waals surface area contributed by atoms with Gasteiger partial charge in [0.05, 0.1) is 0 Å². The summed E-state index contributed by atoms with van der Waals surface area (Å²) >= 11 is 2.05. The van der Waals surface area contributed by atoms with Crippen LogP contribution in [0.4, 0.5) is 5.82 Å². The zero-order valence-corrected chi connectivity index (χ0v) is 10.3. The summed E-state index contributed by atoms with van der Waals surface area (Å²) in [6.07, 6.45) is 6.01. The van der Waals surface area contributed by atoms with Crippen LogP contribution >= 0.6 is 11.8 Å². The molecule has 1 fully saturated rings. The van der Waals surface area contributed by atoms with E-state index in [0.717, 1.165) is 23.1 Å². The maximum Gasteiger partial charge on any atom is 0.180 e. The Labute approximate surface area is 104 Å². The summed E-state index contributed by atoms with van der Waals surface area (Å²) in [6.45, 7) is 0.990. The van der Waals surface area contributed by atoms with Crippen molar-refractivity contribution >= 4 is 28.7 Å². The van der Waals surface area contributed by atoms with Gasteiger partial charge in [-0.3, -0.25) is 4.98 Å². The van der Waals surface area contributed by atoms with E-state index in [1.54, 1.807) is 12.4 Å². The molecule has 0 aliphatic carbocycles. The molecule has 0 aromatic carbocycles. The summed E-state index contributed by atoms with van der Waals surface area (Å²) in [4.78, 5) is 12.8. The molecular weight excluding hydrogens is 232 g/mol. The monoisotopic (exact) mass is 246 g/mol. The SMILES string of the molecule is c1cnc2nc(NCC3CCCS3)ccc2n1. The maximum absolute atomic E-state index is 4.44. The molecule has 0 saturated carbocycles. The molecule has 0 amide bonds. The van der Waals surface area contributed by atoms with Crippen LogP contribution in [0.25, 0.3) is 11.2 Å². The minimum atomic E-state index is 0.705. The van der Waals surface area contributed by atoms with Crippen LogP contribution in [-0.4, -0.2) is 32.5 Å². The second-order valence-electron chi connectivity index (χ2n) is 4.11. The first kappa shape index (κ1) is 10.8. The molecule has 0 radical (unpaired) electrons. The van der Waals surface area contributed by atoms with Crippen LogP contribution in [0.5, 0.6) is 0 Å². The molecule has 4 nitrogen and oxygen atoms in total. The summed E-state index contributed by atoms with van der Waals surface area (Å²) in [5.74, 6) is 2.19. The number of anilines is 1. The topological polar surface area (TPSA) is 50.7 Å². The summed E-state index contributed by atoms with van der Waals surface area (Å²) in [5, 5.41) is 4.11. The lowest BCUT2D eigenvalue weighted by Crippen LogP contribution is -2.14. The van der Waals surface area contributed by atoms with Gasteiger partial charge in [-0.1, -0.05) is 0 Å². The first-order chi connectivity index (χ1) is 8.42. The van der Waals surface area contributed by atoms with Crippen LogP contribution in [-0.2, 0) is 0 Å². The second-order valence-corrected chi connectivity index (χ2v) is 5.52. The largest absolute Gasteiger partial charge is 0.369 e. The Bertz CT molecular complexity index is 511. The zero-order chi connectivity index (χ0) is 11.5. The minimum Gasteiger partial charge on any atom is -0.369 e. The molecule has 5 heteroatoms. The molecular formula is C12H14N4S. The summed E-state index contributed by atoms with van der Waals surface area (Å²) in [6, 6.07) is 3.93. The third-order valence-corrected chi connectivity index (χ3v) is 4.26. The van der Waals surface area contributed by atoms with Crippen molar-refractivity contribution < 1.29 is 0 Å². The summed E-state index contributed by atoms with van der Waals surface area (Å²) < 4.78 is 0. The molecule has 1 aliphatic heterocycles. The van der Waals surface area contributed by atoms with Gasteiger partial charge in [0.1, 0.15) is 11.3 Å². The van der Waals surface area contributed by atoms with Gasteiger partial charge in [-0.25, -0.2) is 9.97 Å². The second kappa shape index (κ2) is 4.87. The van der Waals surface area contributed by atoms with Gasteiger partial charge in [0.25, 0.3) is 0 Å². The van der Waals surface area contributed by atoms with Crippen LogP contribution in [0.15, 0.2) is 24.5 Å². The molecule has 1 saturated heterocycles. The molecule has 1 unspecified atom stereocenters. The highest BCUT2D eigenvalue weighted by Gasteiger charge is 2.15. The summed E-state index contributed by atoms with van der Waals surface area (Å²) in [7, 11) is 0. The number of aromatic nitrogens is 3. The number of nitrogens with one attached hydrogen (secondary N) is 1. The average Bonchev–Trinajstić information content (AvgIpc) is 2.89. The molecule has 1 N–H and O–H groups in total. The number of nitrogens with zero attached hydrogens (tertiary/aromatic N) is 3. The standard InChI is InChI=1S/C12H14N4S/c1-2-9(17-7-1)8-15-11-4-3-10-12(16-11)14-6-5-13-10/h3-6,9H,1-2,7-8H2,(H,14,15,16). The van der Waals surface area contributed by atoms with Crippen LogP contribution in [0.2, 0.25) is 0 Å². The molecule has 2 aromatic rings. The van der Waals surface area contributed by atoms with E-state index >= 15 is 0 Å². The Morgan fingerprint density at radius 3 is 3.12 bits per heavy atom. The zero-order valence-electron chi connectivity index (χ0n) is 9.47. The predicted molar refractivity (Wildman–Crippen MR) is 71.3 cm³/mol. The van der Waals surface area contributed by atoms with Crippen molar-refractivity contribution in [2.45, 2.75) is 18.1 Å². The molecule has 1 atom stereocenters. The highest BCUT2D eigenvalue weighted by atomic mass is 32.2. The number of fused-ring (bicyclic) bond motifs is 1. The van der Waals surface area contributed by atoms with E-state index in [1.807, 2.05) is 23.9 Å². The van der Waals surface area contributed by atoms with E-state index in [1.165, 1.54) is 18.6 Å². The Kier molecular flexibility index (Phi) is 3.09. The van der Waals surface area contributed by atoms with Gasteiger partial charge in [-0.2, -0.15) is 11.8 Å². The van der Waals surface area contributed by atoms with Crippen molar-refractivity contribution in [1.29, 1.82) is 0 Å². The highest BCUT2D eigenvalue weighted by Crippen LogP contribution is 2.26. The molecule has 0 spiro atoms. The Balaban J connectivity index is 1.72. The van der Waals surface area contributed by atoms with Crippen molar-refractivity contribution in [3.05, 3.63) is 24.5 Å². The highest BCUT2D eigenvalue weighted by molar-refractivity contribution is 8.00. The van der Waals surface area contributed by atoms with E-state index in [9.17, 15) is 0 Å². The predicted octanol–water partition coefficient (Wildman–Crippen LogP) is 2.33. The third kappa shape index (κ3) is 2.49. The molecule has 2 aromatic heterocycles. The van der Waals surface area contributed by atoms with Crippen molar-refractivity contribution in [1.82, 2.24) is 15.0 Å². The maximum atomic E-state index is 4.44. The van der Waals surface area contributed by atoms with Gasteiger partial charge in [0.2, 0.25) is 0 Å². The van der Waals surface area contributed by atoms with Crippen LogP contribution < -0.4 is 5.32 Å². The fourth-order valence-corrected chi connectivity index (χ4v) is 3.18. The molecule has 88 valence electrons. The average molecular weight is 246 g/mol. The minimum absolute atomic E-state index is 0.705.